The van der Waals surface area contributed by atoms with Gasteiger partial charge in [-0.25, -0.2) is 9.18 Å². The number of amides is 3. The maximum atomic E-state index is 13.2. The third kappa shape index (κ3) is 3.99. The summed E-state index contributed by atoms with van der Waals surface area (Å²) in [6.07, 6.45) is 0. The van der Waals surface area contributed by atoms with Crippen LogP contribution < -0.4 is 15.8 Å². The van der Waals surface area contributed by atoms with Crippen molar-refractivity contribution in [2.24, 2.45) is 5.73 Å². The zero-order valence-corrected chi connectivity index (χ0v) is 9.88. The molecule has 0 unspecified atom stereocenters. The Bertz CT molecular complexity index is 468. The van der Waals surface area contributed by atoms with Gasteiger partial charge in [-0.3, -0.25) is 10.1 Å². The minimum Gasteiger partial charge on any atom is -0.481 e. The van der Waals surface area contributed by atoms with Gasteiger partial charge < -0.3 is 10.5 Å². The Morgan fingerprint density at radius 3 is 2.65 bits per heavy atom. The molecule has 0 aliphatic heterocycles. The van der Waals surface area contributed by atoms with Crippen LogP contribution in [0.4, 0.5) is 13.6 Å². The minimum atomic E-state index is -1.22. The molecule has 1 rings (SSSR count). The maximum absolute atomic E-state index is 13.2. The SMILES string of the molecule is NC(=O)NC(=O)COc1cc(Br)cc(F)c1F. The fourth-order valence-electron chi connectivity index (χ4n) is 0.954. The van der Waals surface area contributed by atoms with Crippen molar-refractivity contribution >= 4 is 27.9 Å². The second-order valence-electron chi connectivity index (χ2n) is 2.90. The summed E-state index contributed by atoms with van der Waals surface area (Å²) in [5, 5.41) is 1.71. The van der Waals surface area contributed by atoms with Gasteiger partial charge in [-0.05, 0) is 12.1 Å². The molecule has 0 aliphatic rings. The number of nitrogens with one attached hydrogen (secondary N) is 1. The van der Waals surface area contributed by atoms with E-state index in [1.54, 1.807) is 5.32 Å². The molecule has 92 valence electrons. The van der Waals surface area contributed by atoms with Gasteiger partial charge >= 0.3 is 6.03 Å². The first-order chi connectivity index (χ1) is 7.90. The van der Waals surface area contributed by atoms with Crippen LogP contribution in [0.2, 0.25) is 0 Å². The van der Waals surface area contributed by atoms with Crippen molar-refractivity contribution < 1.29 is 23.1 Å². The van der Waals surface area contributed by atoms with E-state index in [1.807, 2.05) is 0 Å². The van der Waals surface area contributed by atoms with Crippen molar-refractivity contribution in [1.82, 2.24) is 5.32 Å². The predicted octanol–water partition coefficient (Wildman–Crippen LogP) is 1.30. The van der Waals surface area contributed by atoms with Gasteiger partial charge in [0.1, 0.15) is 0 Å². The molecule has 0 bridgehead atoms. The Morgan fingerprint density at radius 2 is 2.06 bits per heavy atom. The molecule has 17 heavy (non-hydrogen) atoms. The second kappa shape index (κ2) is 5.58. The quantitative estimate of drug-likeness (QED) is 0.826. The zero-order chi connectivity index (χ0) is 13.0. The van der Waals surface area contributed by atoms with E-state index < -0.39 is 35.9 Å². The number of benzene rings is 1. The van der Waals surface area contributed by atoms with Crippen LogP contribution in [0.1, 0.15) is 0 Å². The highest BCUT2D eigenvalue weighted by Gasteiger charge is 2.13. The number of carbonyl (C=O) groups is 2. The molecule has 1 aromatic carbocycles. The van der Waals surface area contributed by atoms with E-state index in [2.05, 4.69) is 21.7 Å². The standard InChI is InChI=1S/C9H7BrF2N2O3/c10-4-1-5(11)8(12)6(2-4)17-3-7(15)14-9(13)16/h1-2H,3H2,(H3,13,14,15,16). The number of rotatable bonds is 3. The number of primary amides is 1. The Morgan fingerprint density at radius 1 is 1.41 bits per heavy atom. The van der Waals surface area contributed by atoms with Crippen molar-refractivity contribution in [3.8, 4) is 5.75 Å². The molecule has 0 atom stereocenters. The largest absolute Gasteiger partial charge is 0.481 e. The lowest BCUT2D eigenvalue weighted by Crippen LogP contribution is -2.38. The molecule has 0 heterocycles. The van der Waals surface area contributed by atoms with Crippen molar-refractivity contribution in [3.05, 3.63) is 28.2 Å². The van der Waals surface area contributed by atoms with Crippen molar-refractivity contribution in [1.29, 1.82) is 0 Å². The van der Waals surface area contributed by atoms with Crippen molar-refractivity contribution in [3.63, 3.8) is 0 Å². The number of hydrogen-bond donors (Lipinski definition) is 2. The smallest absolute Gasteiger partial charge is 0.318 e. The predicted molar refractivity (Wildman–Crippen MR) is 57.3 cm³/mol. The van der Waals surface area contributed by atoms with Crippen molar-refractivity contribution in [2.45, 2.75) is 0 Å². The fraction of sp³-hybridized carbons (Fsp3) is 0.111. The van der Waals surface area contributed by atoms with Crippen LogP contribution in [0.5, 0.6) is 5.75 Å². The highest BCUT2D eigenvalue weighted by Crippen LogP contribution is 2.25. The molecule has 3 N–H and O–H groups in total. The van der Waals surface area contributed by atoms with E-state index in [0.717, 1.165) is 12.1 Å². The molecule has 5 nitrogen and oxygen atoms in total. The number of ether oxygens (including phenoxy) is 1. The average molecular weight is 309 g/mol. The summed E-state index contributed by atoms with van der Waals surface area (Å²) < 4.78 is 31.0. The van der Waals surface area contributed by atoms with Gasteiger partial charge in [-0.1, -0.05) is 15.9 Å². The van der Waals surface area contributed by atoms with Gasteiger partial charge in [0, 0.05) is 4.47 Å². The summed E-state index contributed by atoms with van der Waals surface area (Å²) in [7, 11) is 0. The summed E-state index contributed by atoms with van der Waals surface area (Å²) in [4.78, 5) is 21.2. The van der Waals surface area contributed by atoms with E-state index in [0.29, 0.717) is 0 Å². The van der Waals surface area contributed by atoms with Gasteiger partial charge in [0.25, 0.3) is 5.91 Å². The highest BCUT2D eigenvalue weighted by atomic mass is 79.9. The Labute approximate surface area is 103 Å². The molecule has 0 saturated heterocycles. The third-order valence-corrected chi connectivity index (χ3v) is 2.04. The van der Waals surface area contributed by atoms with E-state index in [4.69, 9.17) is 4.74 Å². The summed E-state index contributed by atoms with van der Waals surface area (Å²) in [6.45, 7) is -0.657. The normalized spacial score (nSPS) is 9.82. The van der Waals surface area contributed by atoms with E-state index in [1.165, 1.54) is 0 Å². The van der Waals surface area contributed by atoms with Crippen LogP contribution in [0.15, 0.2) is 16.6 Å². The van der Waals surface area contributed by atoms with Crippen LogP contribution in [0.3, 0.4) is 0 Å². The summed E-state index contributed by atoms with van der Waals surface area (Å²) in [5.74, 6) is -3.65. The van der Waals surface area contributed by atoms with Crippen LogP contribution in [-0.4, -0.2) is 18.5 Å². The van der Waals surface area contributed by atoms with E-state index in [9.17, 15) is 18.4 Å². The topological polar surface area (TPSA) is 81.4 Å². The van der Waals surface area contributed by atoms with Gasteiger partial charge in [0.05, 0.1) is 0 Å². The monoisotopic (exact) mass is 308 g/mol. The number of carbonyl (C=O) groups excluding carboxylic acids is 2. The lowest BCUT2D eigenvalue weighted by molar-refractivity contribution is -0.122. The van der Waals surface area contributed by atoms with Crippen molar-refractivity contribution in [2.75, 3.05) is 6.61 Å². The molecule has 0 fully saturated rings. The molecule has 0 radical (unpaired) electrons. The highest BCUT2D eigenvalue weighted by molar-refractivity contribution is 9.10. The first-order valence-electron chi connectivity index (χ1n) is 4.26. The van der Waals surface area contributed by atoms with Gasteiger partial charge in [-0.15, -0.1) is 0 Å². The summed E-state index contributed by atoms with van der Waals surface area (Å²) in [6, 6.07) is 1.00. The van der Waals surface area contributed by atoms with Gasteiger partial charge in [0.2, 0.25) is 5.82 Å². The molecule has 0 aromatic heterocycles. The lowest BCUT2D eigenvalue weighted by Gasteiger charge is -2.07. The van der Waals surface area contributed by atoms with Gasteiger partial charge in [0.15, 0.2) is 18.2 Å². The first-order valence-corrected chi connectivity index (χ1v) is 5.06. The third-order valence-electron chi connectivity index (χ3n) is 1.58. The molecule has 0 aliphatic carbocycles. The Balaban J connectivity index is 2.69. The molecule has 1 aromatic rings. The van der Waals surface area contributed by atoms with Crippen LogP contribution >= 0.6 is 15.9 Å². The summed E-state index contributed by atoms with van der Waals surface area (Å²) >= 11 is 2.93. The van der Waals surface area contributed by atoms with Crippen LogP contribution in [0.25, 0.3) is 0 Å². The van der Waals surface area contributed by atoms with E-state index >= 15 is 0 Å². The molecular formula is C9H7BrF2N2O3. The first kappa shape index (κ1) is 13.4. The Hall–Kier alpha value is -1.70. The number of nitrogens with two attached hydrogens (primary N) is 1. The molecule has 0 spiro atoms. The van der Waals surface area contributed by atoms with Crippen LogP contribution in [0, 0.1) is 11.6 Å². The Kier molecular flexibility index (Phi) is 4.38. The molecule has 8 heteroatoms. The maximum Gasteiger partial charge on any atom is 0.318 e. The van der Waals surface area contributed by atoms with Crippen LogP contribution in [-0.2, 0) is 4.79 Å². The number of urea groups is 1. The van der Waals surface area contributed by atoms with Gasteiger partial charge in [-0.2, -0.15) is 4.39 Å². The summed E-state index contributed by atoms with van der Waals surface area (Å²) in [5.41, 5.74) is 4.67. The number of halogens is 3. The molecule has 0 saturated carbocycles. The van der Waals surface area contributed by atoms with E-state index in [-0.39, 0.29) is 4.47 Å². The number of imide groups is 1. The fourth-order valence-corrected chi connectivity index (χ4v) is 1.36. The second-order valence-corrected chi connectivity index (χ2v) is 3.82. The number of hydrogen-bond acceptors (Lipinski definition) is 3. The average Bonchev–Trinajstić information content (AvgIpc) is 2.20. The lowest BCUT2D eigenvalue weighted by atomic mass is 10.3. The zero-order valence-electron chi connectivity index (χ0n) is 8.30. The molecule has 3 amide bonds. The molecular weight excluding hydrogens is 302 g/mol. The minimum absolute atomic E-state index is 0.252.